The zero-order valence-electron chi connectivity index (χ0n) is 13.0. The van der Waals surface area contributed by atoms with E-state index in [0.29, 0.717) is 13.1 Å². The normalized spacial score (nSPS) is 14.7. The van der Waals surface area contributed by atoms with Gasteiger partial charge in [0.05, 0.1) is 0 Å². The third-order valence-corrected chi connectivity index (χ3v) is 4.45. The average molecular weight is 329 g/mol. The summed E-state index contributed by atoms with van der Waals surface area (Å²) in [6.07, 6.45) is 5.49. The highest BCUT2D eigenvalue weighted by molar-refractivity contribution is 7.98. The lowest BCUT2D eigenvalue weighted by Crippen LogP contribution is -2.50. The number of anilines is 2. The van der Waals surface area contributed by atoms with Gasteiger partial charge in [0.15, 0.2) is 0 Å². The third kappa shape index (κ3) is 3.92. The Morgan fingerprint density at radius 2 is 1.87 bits per heavy atom. The number of aromatic nitrogens is 2. The molecule has 23 heavy (non-hydrogen) atoms. The van der Waals surface area contributed by atoms with Crippen LogP contribution in [0, 0.1) is 0 Å². The second-order valence-corrected chi connectivity index (χ2v) is 6.06. The van der Waals surface area contributed by atoms with E-state index in [4.69, 9.17) is 0 Å². The number of nitrogens with zero attached hydrogens (tertiary/aromatic N) is 4. The van der Waals surface area contributed by atoms with Gasteiger partial charge in [-0.25, -0.2) is 14.8 Å². The van der Waals surface area contributed by atoms with Crippen LogP contribution >= 0.6 is 11.8 Å². The van der Waals surface area contributed by atoms with E-state index in [-0.39, 0.29) is 6.03 Å². The molecule has 120 valence electrons. The predicted octanol–water partition coefficient (Wildman–Crippen LogP) is 2.55. The monoisotopic (exact) mass is 329 g/mol. The maximum Gasteiger partial charge on any atom is 0.321 e. The van der Waals surface area contributed by atoms with Gasteiger partial charge in [-0.1, -0.05) is 6.07 Å². The Morgan fingerprint density at radius 1 is 1.13 bits per heavy atom. The maximum atomic E-state index is 12.4. The molecule has 0 spiro atoms. The summed E-state index contributed by atoms with van der Waals surface area (Å²) in [5.41, 5.74) is 0.829. The fraction of sp³-hybridized carbons (Fsp3) is 0.312. The molecule has 0 aliphatic carbocycles. The van der Waals surface area contributed by atoms with E-state index in [1.54, 1.807) is 30.2 Å². The van der Waals surface area contributed by atoms with Crippen molar-refractivity contribution in [3.8, 4) is 0 Å². The average Bonchev–Trinajstić information content (AvgIpc) is 2.63. The Balaban J connectivity index is 1.56. The van der Waals surface area contributed by atoms with E-state index < -0.39 is 0 Å². The van der Waals surface area contributed by atoms with Crippen LogP contribution in [0.15, 0.2) is 47.6 Å². The van der Waals surface area contributed by atoms with Crippen LogP contribution < -0.4 is 10.2 Å². The van der Waals surface area contributed by atoms with Crippen LogP contribution in [0.25, 0.3) is 0 Å². The van der Waals surface area contributed by atoms with Crippen molar-refractivity contribution in [3.63, 3.8) is 0 Å². The molecule has 0 bridgehead atoms. The minimum Gasteiger partial charge on any atom is -0.337 e. The van der Waals surface area contributed by atoms with Crippen molar-refractivity contribution in [1.82, 2.24) is 14.9 Å². The van der Waals surface area contributed by atoms with Gasteiger partial charge < -0.3 is 15.1 Å². The molecule has 2 aromatic rings. The lowest BCUT2D eigenvalue weighted by atomic mass is 10.3. The van der Waals surface area contributed by atoms with E-state index in [1.165, 1.54) is 0 Å². The maximum absolute atomic E-state index is 12.4. The van der Waals surface area contributed by atoms with Gasteiger partial charge in [-0.15, -0.1) is 11.8 Å². The second-order valence-electron chi connectivity index (χ2n) is 5.18. The number of carbonyl (C=O) groups is 1. The van der Waals surface area contributed by atoms with Crippen molar-refractivity contribution in [2.24, 2.45) is 0 Å². The first-order chi connectivity index (χ1) is 11.3. The molecule has 0 saturated carbocycles. The van der Waals surface area contributed by atoms with Gasteiger partial charge in [0.1, 0.15) is 0 Å². The summed E-state index contributed by atoms with van der Waals surface area (Å²) >= 11 is 1.66. The largest absolute Gasteiger partial charge is 0.337 e. The lowest BCUT2D eigenvalue weighted by molar-refractivity contribution is 0.208. The number of piperazine rings is 1. The lowest BCUT2D eigenvalue weighted by Gasteiger charge is -2.34. The molecule has 1 aliphatic rings. The van der Waals surface area contributed by atoms with Gasteiger partial charge in [0.2, 0.25) is 5.95 Å². The molecule has 6 nitrogen and oxygen atoms in total. The minimum atomic E-state index is -0.0584. The molecule has 7 heteroatoms. The second kappa shape index (κ2) is 7.32. The van der Waals surface area contributed by atoms with Crippen LogP contribution in [-0.4, -0.2) is 53.3 Å². The van der Waals surface area contributed by atoms with Gasteiger partial charge in [-0.2, -0.15) is 0 Å². The van der Waals surface area contributed by atoms with Crippen LogP contribution in [0.5, 0.6) is 0 Å². The topological polar surface area (TPSA) is 61.4 Å². The Labute approximate surface area is 139 Å². The standard InChI is InChI=1S/C16H19N5OS/c1-23-14-5-2-4-13(12-14)19-16(22)21-10-8-20(9-11-21)15-17-6-3-7-18-15/h2-7,12H,8-11H2,1H3,(H,19,22). The van der Waals surface area contributed by atoms with E-state index in [9.17, 15) is 4.79 Å². The SMILES string of the molecule is CSc1cccc(NC(=O)N2CCN(c3ncccn3)CC2)c1. The number of hydrogen-bond acceptors (Lipinski definition) is 5. The molecular weight excluding hydrogens is 310 g/mol. The summed E-state index contributed by atoms with van der Waals surface area (Å²) in [5, 5.41) is 2.96. The number of benzene rings is 1. The van der Waals surface area contributed by atoms with Crippen LogP contribution in [0.1, 0.15) is 0 Å². The Kier molecular flexibility index (Phi) is 4.97. The number of amides is 2. The molecular formula is C16H19N5OS. The molecule has 1 N–H and O–H groups in total. The number of hydrogen-bond donors (Lipinski definition) is 1. The number of carbonyl (C=O) groups excluding carboxylic acids is 1. The number of nitrogens with one attached hydrogen (secondary N) is 1. The molecule has 2 amide bonds. The first kappa shape index (κ1) is 15.6. The highest BCUT2D eigenvalue weighted by Crippen LogP contribution is 2.19. The predicted molar refractivity (Wildman–Crippen MR) is 93.1 cm³/mol. The van der Waals surface area contributed by atoms with Gasteiger partial charge in [0.25, 0.3) is 0 Å². The minimum absolute atomic E-state index is 0.0584. The molecule has 1 aliphatic heterocycles. The van der Waals surface area contributed by atoms with E-state index in [1.807, 2.05) is 35.4 Å². The Hall–Kier alpha value is -2.28. The van der Waals surface area contributed by atoms with Crippen LogP contribution in [0.4, 0.5) is 16.4 Å². The highest BCUT2D eigenvalue weighted by Gasteiger charge is 2.22. The number of thioether (sulfide) groups is 1. The summed E-state index contributed by atoms with van der Waals surface area (Å²) in [4.78, 5) is 25.9. The van der Waals surface area contributed by atoms with Crippen LogP contribution in [0.3, 0.4) is 0 Å². The fourth-order valence-corrected chi connectivity index (χ4v) is 2.93. The zero-order valence-corrected chi connectivity index (χ0v) is 13.8. The van der Waals surface area contributed by atoms with Crippen molar-refractivity contribution in [2.45, 2.75) is 4.90 Å². The summed E-state index contributed by atoms with van der Waals surface area (Å²) < 4.78 is 0. The van der Waals surface area contributed by atoms with Crippen molar-refractivity contribution >= 4 is 29.4 Å². The fourth-order valence-electron chi connectivity index (χ4n) is 2.47. The molecule has 0 atom stereocenters. The molecule has 3 rings (SSSR count). The van der Waals surface area contributed by atoms with Crippen molar-refractivity contribution in [3.05, 3.63) is 42.7 Å². The van der Waals surface area contributed by atoms with Gasteiger partial charge >= 0.3 is 6.03 Å². The Bertz CT molecular complexity index is 659. The zero-order chi connectivity index (χ0) is 16.1. The first-order valence-electron chi connectivity index (χ1n) is 7.48. The molecule has 1 aromatic heterocycles. The molecule has 2 heterocycles. The van der Waals surface area contributed by atoms with Gasteiger partial charge in [-0.3, -0.25) is 0 Å². The molecule has 1 saturated heterocycles. The summed E-state index contributed by atoms with van der Waals surface area (Å²) in [6, 6.07) is 9.61. The van der Waals surface area contributed by atoms with Gasteiger partial charge in [0, 0.05) is 49.2 Å². The molecule has 0 radical (unpaired) electrons. The number of rotatable bonds is 3. The van der Waals surface area contributed by atoms with Crippen molar-refractivity contribution < 1.29 is 4.79 Å². The smallest absolute Gasteiger partial charge is 0.321 e. The van der Waals surface area contributed by atoms with Crippen LogP contribution in [-0.2, 0) is 0 Å². The number of urea groups is 1. The molecule has 1 fully saturated rings. The van der Waals surface area contributed by atoms with Gasteiger partial charge in [-0.05, 0) is 30.5 Å². The van der Waals surface area contributed by atoms with E-state index >= 15 is 0 Å². The Morgan fingerprint density at radius 3 is 2.57 bits per heavy atom. The van der Waals surface area contributed by atoms with Crippen LogP contribution in [0.2, 0.25) is 0 Å². The summed E-state index contributed by atoms with van der Waals surface area (Å²) in [6.45, 7) is 2.79. The third-order valence-electron chi connectivity index (χ3n) is 3.72. The first-order valence-corrected chi connectivity index (χ1v) is 8.71. The van der Waals surface area contributed by atoms with E-state index in [2.05, 4.69) is 20.2 Å². The molecule has 1 aromatic carbocycles. The van der Waals surface area contributed by atoms with E-state index in [0.717, 1.165) is 29.6 Å². The van der Waals surface area contributed by atoms with Crippen molar-refractivity contribution in [1.29, 1.82) is 0 Å². The summed E-state index contributed by atoms with van der Waals surface area (Å²) in [5.74, 6) is 0.722. The van der Waals surface area contributed by atoms with Crippen molar-refractivity contribution in [2.75, 3.05) is 42.7 Å². The molecule has 0 unspecified atom stereocenters. The quantitative estimate of drug-likeness (QED) is 0.877. The highest BCUT2D eigenvalue weighted by atomic mass is 32.2. The summed E-state index contributed by atoms with van der Waals surface area (Å²) in [7, 11) is 0.